The van der Waals surface area contributed by atoms with E-state index in [1.165, 1.54) is 7.11 Å². The van der Waals surface area contributed by atoms with Gasteiger partial charge in [0, 0.05) is 6.54 Å². The van der Waals surface area contributed by atoms with Gasteiger partial charge in [-0.05, 0) is 48.4 Å². The third-order valence-corrected chi connectivity index (χ3v) is 4.58. The normalized spacial score (nSPS) is 19.2. The Morgan fingerprint density at radius 1 is 1.16 bits per heavy atom. The van der Waals surface area contributed by atoms with Crippen LogP contribution in [0.2, 0.25) is 0 Å². The molecule has 0 radical (unpaired) electrons. The number of hydrogen-bond donors (Lipinski definition) is 1. The van der Waals surface area contributed by atoms with Gasteiger partial charge in [-0.25, -0.2) is 0 Å². The van der Waals surface area contributed by atoms with Crippen LogP contribution in [0.1, 0.15) is 12.0 Å². The van der Waals surface area contributed by atoms with Crippen molar-refractivity contribution in [2.75, 3.05) is 26.8 Å². The first-order valence-electron chi connectivity index (χ1n) is 8.19. The van der Waals surface area contributed by atoms with Crippen molar-refractivity contribution in [3.63, 3.8) is 0 Å². The first-order valence-corrected chi connectivity index (χ1v) is 8.19. The van der Waals surface area contributed by atoms with E-state index in [0.717, 1.165) is 17.7 Å². The number of ether oxygens (including phenoxy) is 2. The predicted molar refractivity (Wildman–Crippen MR) is 94.0 cm³/mol. The average Bonchev–Trinajstić information content (AvgIpc) is 3.16. The summed E-state index contributed by atoms with van der Waals surface area (Å²) in [6, 6.07) is 17.3. The van der Waals surface area contributed by atoms with Crippen molar-refractivity contribution in [1.29, 1.82) is 5.26 Å². The Balaban J connectivity index is 1.68. The molecule has 1 unspecified atom stereocenters. The van der Waals surface area contributed by atoms with Gasteiger partial charge in [0.25, 0.3) is 0 Å². The van der Waals surface area contributed by atoms with Crippen LogP contribution < -0.4 is 10.1 Å². The number of carbonyl (C=O) groups excluding carboxylic acids is 1. The molecule has 0 amide bonds. The number of rotatable bonds is 5. The lowest BCUT2D eigenvalue weighted by molar-refractivity contribution is -0.153. The molecule has 1 atom stereocenters. The van der Waals surface area contributed by atoms with Crippen molar-refractivity contribution in [1.82, 2.24) is 5.32 Å². The molecule has 0 bridgehead atoms. The van der Waals surface area contributed by atoms with E-state index in [9.17, 15) is 4.79 Å². The molecule has 2 aromatic carbocycles. The van der Waals surface area contributed by atoms with Gasteiger partial charge in [-0.3, -0.25) is 4.79 Å². The molecule has 2 aromatic rings. The Morgan fingerprint density at radius 2 is 1.80 bits per heavy atom. The zero-order chi connectivity index (χ0) is 17.7. The summed E-state index contributed by atoms with van der Waals surface area (Å²) in [6.07, 6.45) is 0.711. The smallest absolute Gasteiger partial charge is 0.316 e. The highest BCUT2D eigenvalue weighted by Gasteiger charge is 2.43. The number of carbonyl (C=O) groups is 1. The van der Waals surface area contributed by atoms with Crippen molar-refractivity contribution in [3.8, 4) is 22.9 Å². The van der Waals surface area contributed by atoms with E-state index < -0.39 is 5.41 Å². The van der Waals surface area contributed by atoms with Gasteiger partial charge in [-0.2, -0.15) is 5.26 Å². The third-order valence-electron chi connectivity index (χ3n) is 4.58. The molecular weight excluding hydrogens is 316 g/mol. The molecular formula is C20H20N2O3. The summed E-state index contributed by atoms with van der Waals surface area (Å²) in [7, 11) is 1.41. The highest BCUT2D eigenvalue weighted by molar-refractivity contribution is 5.77. The second kappa shape index (κ2) is 7.37. The van der Waals surface area contributed by atoms with Crippen molar-refractivity contribution in [2.24, 2.45) is 5.41 Å². The van der Waals surface area contributed by atoms with Crippen molar-refractivity contribution < 1.29 is 14.3 Å². The quantitative estimate of drug-likeness (QED) is 0.850. The second-order valence-electron chi connectivity index (χ2n) is 6.20. The van der Waals surface area contributed by atoms with Crippen LogP contribution in [0.25, 0.3) is 11.1 Å². The molecule has 25 heavy (non-hydrogen) atoms. The Labute approximate surface area is 147 Å². The third kappa shape index (κ3) is 3.65. The van der Waals surface area contributed by atoms with E-state index in [-0.39, 0.29) is 5.97 Å². The number of benzene rings is 2. The van der Waals surface area contributed by atoms with E-state index in [2.05, 4.69) is 11.4 Å². The van der Waals surface area contributed by atoms with Gasteiger partial charge in [-0.15, -0.1) is 0 Å². The fourth-order valence-corrected chi connectivity index (χ4v) is 3.02. The topological polar surface area (TPSA) is 71.3 Å². The maximum absolute atomic E-state index is 12.1. The number of nitrogens with one attached hydrogen (secondary N) is 1. The molecule has 0 saturated carbocycles. The number of methoxy groups -OCH3 is 1. The summed E-state index contributed by atoms with van der Waals surface area (Å²) in [6.45, 7) is 1.65. The molecule has 128 valence electrons. The summed E-state index contributed by atoms with van der Waals surface area (Å²) in [4.78, 5) is 12.1. The van der Waals surface area contributed by atoms with Gasteiger partial charge in [0.05, 0.1) is 18.7 Å². The van der Waals surface area contributed by atoms with E-state index in [4.69, 9.17) is 14.7 Å². The lowest BCUT2D eigenvalue weighted by Gasteiger charge is -2.25. The minimum atomic E-state index is -0.611. The van der Waals surface area contributed by atoms with Gasteiger partial charge >= 0.3 is 5.97 Å². The van der Waals surface area contributed by atoms with Crippen LogP contribution in [-0.4, -0.2) is 32.8 Å². The SMILES string of the molecule is COC(=O)C1(COc2ccc(-c3ccc(C#N)cc3)cc2)CCNC1. The number of esters is 1. The Morgan fingerprint density at radius 3 is 2.32 bits per heavy atom. The van der Waals surface area contributed by atoms with Crippen LogP contribution in [-0.2, 0) is 9.53 Å². The first kappa shape index (κ1) is 17.0. The minimum absolute atomic E-state index is 0.230. The van der Waals surface area contributed by atoms with Gasteiger partial charge in [-0.1, -0.05) is 24.3 Å². The largest absolute Gasteiger partial charge is 0.492 e. The maximum atomic E-state index is 12.1. The average molecular weight is 336 g/mol. The first-order chi connectivity index (χ1) is 12.2. The number of nitrogens with zero attached hydrogens (tertiary/aromatic N) is 1. The van der Waals surface area contributed by atoms with Crippen LogP contribution in [0.4, 0.5) is 0 Å². The van der Waals surface area contributed by atoms with E-state index >= 15 is 0 Å². The van der Waals surface area contributed by atoms with Gasteiger partial charge in [0.1, 0.15) is 17.8 Å². The monoisotopic (exact) mass is 336 g/mol. The molecule has 1 aliphatic heterocycles. The summed E-state index contributed by atoms with van der Waals surface area (Å²) in [5.74, 6) is 0.485. The second-order valence-corrected chi connectivity index (χ2v) is 6.20. The molecule has 0 spiro atoms. The van der Waals surface area contributed by atoms with Crippen molar-refractivity contribution >= 4 is 5.97 Å². The van der Waals surface area contributed by atoms with Crippen molar-refractivity contribution in [3.05, 3.63) is 54.1 Å². The van der Waals surface area contributed by atoms with Gasteiger partial charge in [0.15, 0.2) is 0 Å². The number of hydrogen-bond acceptors (Lipinski definition) is 5. The van der Waals surface area contributed by atoms with Gasteiger partial charge in [0.2, 0.25) is 0 Å². The molecule has 1 fully saturated rings. The highest BCUT2D eigenvalue weighted by Crippen LogP contribution is 2.29. The van der Waals surface area contributed by atoms with Crippen LogP contribution in [0.5, 0.6) is 5.75 Å². The van der Waals surface area contributed by atoms with Crippen LogP contribution >= 0.6 is 0 Å². The summed E-state index contributed by atoms with van der Waals surface area (Å²) < 4.78 is 10.8. The lowest BCUT2D eigenvalue weighted by atomic mass is 9.88. The zero-order valence-corrected chi connectivity index (χ0v) is 14.1. The Bertz CT molecular complexity index is 770. The Hall–Kier alpha value is -2.84. The van der Waals surface area contributed by atoms with E-state index in [0.29, 0.717) is 30.9 Å². The molecule has 1 heterocycles. The standard InChI is InChI=1S/C20H20N2O3/c1-24-19(23)20(10-11-22-13-20)14-25-18-8-6-17(7-9-18)16-4-2-15(12-21)3-5-16/h2-9,22H,10-11,13-14H2,1H3. The fourth-order valence-electron chi connectivity index (χ4n) is 3.02. The zero-order valence-electron chi connectivity index (χ0n) is 14.1. The summed E-state index contributed by atoms with van der Waals surface area (Å²) in [5, 5.41) is 12.1. The highest BCUT2D eigenvalue weighted by atomic mass is 16.5. The molecule has 5 nitrogen and oxygen atoms in total. The maximum Gasteiger partial charge on any atom is 0.316 e. The van der Waals surface area contributed by atoms with Crippen molar-refractivity contribution in [2.45, 2.75) is 6.42 Å². The van der Waals surface area contributed by atoms with E-state index in [1.54, 1.807) is 12.1 Å². The minimum Gasteiger partial charge on any atom is -0.492 e. The lowest BCUT2D eigenvalue weighted by Crippen LogP contribution is -2.40. The van der Waals surface area contributed by atoms with E-state index in [1.807, 2.05) is 36.4 Å². The molecule has 1 aliphatic rings. The fraction of sp³-hybridized carbons (Fsp3) is 0.300. The Kier molecular flexibility index (Phi) is 5.01. The predicted octanol–water partition coefficient (Wildman–Crippen LogP) is 2.76. The van der Waals surface area contributed by atoms with Crippen LogP contribution in [0, 0.1) is 16.7 Å². The molecule has 3 rings (SSSR count). The summed E-state index contributed by atoms with van der Waals surface area (Å²) >= 11 is 0. The van der Waals surface area contributed by atoms with Gasteiger partial charge < -0.3 is 14.8 Å². The van der Waals surface area contributed by atoms with Crippen LogP contribution in [0.15, 0.2) is 48.5 Å². The molecule has 5 heteroatoms. The molecule has 0 aliphatic carbocycles. The molecule has 1 N–H and O–H groups in total. The number of nitriles is 1. The molecule has 1 saturated heterocycles. The summed E-state index contributed by atoms with van der Waals surface area (Å²) in [5.41, 5.74) is 2.11. The van der Waals surface area contributed by atoms with Crippen LogP contribution in [0.3, 0.4) is 0 Å². The molecule has 0 aromatic heterocycles.